The number of carbonyl (C=O) groups excluding carboxylic acids is 1. The first kappa shape index (κ1) is 18.9. The fourth-order valence-electron chi connectivity index (χ4n) is 3.18. The van der Waals surface area contributed by atoms with E-state index >= 15 is 0 Å². The molecule has 1 fully saturated rings. The molecule has 2 rings (SSSR count). The Bertz CT molecular complexity index is 452. The minimum Gasteiger partial charge on any atom is -0.333 e. The van der Waals surface area contributed by atoms with E-state index in [1.807, 2.05) is 17.2 Å². The van der Waals surface area contributed by atoms with Crippen molar-refractivity contribution in [3.05, 3.63) is 30.1 Å². The van der Waals surface area contributed by atoms with Gasteiger partial charge < -0.3 is 10.2 Å². The summed E-state index contributed by atoms with van der Waals surface area (Å²) in [6, 6.07) is 4.11. The van der Waals surface area contributed by atoms with Crippen molar-refractivity contribution in [1.82, 2.24) is 15.2 Å². The Kier molecular flexibility index (Phi) is 7.83. The lowest BCUT2D eigenvalue weighted by molar-refractivity contribution is -0.135. The summed E-state index contributed by atoms with van der Waals surface area (Å²) in [6.07, 6.45) is 5.40. The van der Waals surface area contributed by atoms with Crippen LogP contribution in [0, 0.1) is 11.8 Å². The number of aromatic nitrogens is 1. The van der Waals surface area contributed by atoms with E-state index in [-0.39, 0.29) is 24.4 Å². The summed E-state index contributed by atoms with van der Waals surface area (Å²) < 4.78 is 0. The Balaban J connectivity index is 0.00000242. The van der Waals surface area contributed by atoms with Gasteiger partial charge in [-0.1, -0.05) is 26.8 Å². The van der Waals surface area contributed by atoms with Crippen molar-refractivity contribution in [2.75, 3.05) is 19.6 Å². The van der Waals surface area contributed by atoms with Gasteiger partial charge in [0.05, 0.1) is 6.04 Å². The zero-order valence-electron chi connectivity index (χ0n) is 13.8. The van der Waals surface area contributed by atoms with E-state index in [4.69, 9.17) is 0 Å². The first-order chi connectivity index (χ1) is 10.1. The van der Waals surface area contributed by atoms with Gasteiger partial charge in [0.1, 0.15) is 0 Å². The molecule has 2 heterocycles. The molecule has 0 aromatic carbocycles. The van der Waals surface area contributed by atoms with E-state index in [1.165, 1.54) is 0 Å². The van der Waals surface area contributed by atoms with E-state index in [0.29, 0.717) is 18.3 Å². The van der Waals surface area contributed by atoms with Crippen LogP contribution < -0.4 is 5.32 Å². The molecule has 2 unspecified atom stereocenters. The second kappa shape index (κ2) is 9.11. The van der Waals surface area contributed by atoms with Crippen molar-refractivity contribution in [3.8, 4) is 0 Å². The zero-order valence-corrected chi connectivity index (χ0v) is 14.6. The third-order valence-corrected chi connectivity index (χ3v) is 4.03. The fourth-order valence-corrected chi connectivity index (χ4v) is 3.18. The van der Waals surface area contributed by atoms with Crippen molar-refractivity contribution in [2.45, 2.75) is 39.7 Å². The SMILES string of the molecule is CC(C)CC(C)CC(=O)N1CCNCC1c1cccnc1.Cl. The highest BCUT2D eigenvalue weighted by atomic mass is 35.5. The van der Waals surface area contributed by atoms with Crippen LogP contribution in [-0.4, -0.2) is 35.4 Å². The van der Waals surface area contributed by atoms with E-state index in [9.17, 15) is 4.79 Å². The molecule has 0 saturated carbocycles. The topological polar surface area (TPSA) is 45.2 Å². The van der Waals surface area contributed by atoms with Crippen molar-refractivity contribution in [1.29, 1.82) is 0 Å². The number of nitrogens with one attached hydrogen (secondary N) is 1. The van der Waals surface area contributed by atoms with Gasteiger partial charge in [0, 0.05) is 38.4 Å². The van der Waals surface area contributed by atoms with Crippen LogP contribution in [0.4, 0.5) is 0 Å². The molecule has 1 saturated heterocycles. The van der Waals surface area contributed by atoms with Crippen LogP contribution in [0.15, 0.2) is 24.5 Å². The molecule has 124 valence electrons. The van der Waals surface area contributed by atoms with Crippen LogP contribution in [0.25, 0.3) is 0 Å². The number of hydrogen-bond acceptors (Lipinski definition) is 3. The fraction of sp³-hybridized carbons (Fsp3) is 0.647. The molecule has 0 spiro atoms. The Morgan fingerprint density at radius 3 is 2.86 bits per heavy atom. The van der Waals surface area contributed by atoms with Crippen LogP contribution in [0.3, 0.4) is 0 Å². The molecule has 2 atom stereocenters. The predicted molar refractivity (Wildman–Crippen MR) is 92.0 cm³/mol. The Morgan fingerprint density at radius 2 is 2.23 bits per heavy atom. The van der Waals surface area contributed by atoms with E-state index < -0.39 is 0 Å². The average molecular weight is 326 g/mol. The minimum atomic E-state index is 0. The number of carbonyl (C=O) groups is 1. The lowest BCUT2D eigenvalue weighted by atomic mass is 9.94. The van der Waals surface area contributed by atoms with Gasteiger partial charge in [-0.2, -0.15) is 0 Å². The molecular weight excluding hydrogens is 298 g/mol. The number of hydrogen-bond donors (Lipinski definition) is 1. The molecule has 22 heavy (non-hydrogen) atoms. The van der Waals surface area contributed by atoms with Crippen LogP contribution in [0.5, 0.6) is 0 Å². The highest BCUT2D eigenvalue weighted by Gasteiger charge is 2.28. The minimum absolute atomic E-state index is 0. The molecule has 1 aliphatic heterocycles. The summed E-state index contributed by atoms with van der Waals surface area (Å²) in [6.45, 7) is 9.08. The van der Waals surface area contributed by atoms with Crippen LogP contribution in [0.2, 0.25) is 0 Å². The van der Waals surface area contributed by atoms with Crippen molar-refractivity contribution >= 4 is 18.3 Å². The quantitative estimate of drug-likeness (QED) is 0.905. The molecule has 1 aromatic heterocycles. The maximum Gasteiger partial charge on any atom is 0.223 e. The molecule has 1 amide bonds. The van der Waals surface area contributed by atoms with Gasteiger partial charge in [-0.25, -0.2) is 0 Å². The number of nitrogens with zero attached hydrogens (tertiary/aromatic N) is 2. The van der Waals surface area contributed by atoms with Crippen molar-refractivity contribution in [3.63, 3.8) is 0 Å². The maximum atomic E-state index is 12.7. The van der Waals surface area contributed by atoms with Crippen LogP contribution in [0.1, 0.15) is 45.2 Å². The van der Waals surface area contributed by atoms with E-state index in [1.54, 1.807) is 6.20 Å². The third-order valence-electron chi connectivity index (χ3n) is 4.03. The largest absolute Gasteiger partial charge is 0.333 e. The predicted octanol–water partition coefficient (Wildman–Crippen LogP) is 3.05. The smallest absolute Gasteiger partial charge is 0.223 e. The monoisotopic (exact) mass is 325 g/mol. The van der Waals surface area contributed by atoms with Gasteiger partial charge >= 0.3 is 0 Å². The summed E-state index contributed by atoms with van der Waals surface area (Å²) >= 11 is 0. The van der Waals surface area contributed by atoms with Crippen LogP contribution >= 0.6 is 12.4 Å². The normalized spacial score (nSPS) is 19.6. The standard InChI is InChI=1S/C17H27N3O.ClH/c1-13(2)9-14(3)10-17(21)20-8-7-19-12-16(20)15-5-4-6-18-11-15;/h4-6,11,13-14,16,19H,7-10,12H2,1-3H3;1H. The second-order valence-corrected chi connectivity index (χ2v) is 6.53. The first-order valence-corrected chi connectivity index (χ1v) is 7.98. The van der Waals surface area contributed by atoms with Crippen molar-refractivity contribution in [2.24, 2.45) is 11.8 Å². The van der Waals surface area contributed by atoms with Crippen molar-refractivity contribution < 1.29 is 4.79 Å². The van der Waals surface area contributed by atoms with Gasteiger partial charge in [0.2, 0.25) is 5.91 Å². The first-order valence-electron chi connectivity index (χ1n) is 7.98. The molecule has 0 aliphatic carbocycles. The molecule has 0 bridgehead atoms. The highest BCUT2D eigenvalue weighted by Crippen LogP contribution is 2.24. The third kappa shape index (κ3) is 5.25. The van der Waals surface area contributed by atoms with Gasteiger partial charge in [-0.05, 0) is 29.9 Å². The van der Waals surface area contributed by atoms with Gasteiger partial charge in [0.25, 0.3) is 0 Å². The highest BCUT2D eigenvalue weighted by molar-refractivity contribution is 5.85. The molecule has 1 N–H and O–H groups in total. The number of halogens is 1. The number of piperazine rings is 1. The van der Waals surface area contributed by atoms with Gasteiger partial charge in [-0.3, -0.25) is 9.78 Å². The average Bonchev–Trinajstić information content (AvgIpc) is 2.47. The van der Waals surface area contributed by atoms with E-state index in [2.05, 4.69) is 37.1 Å². The summed E-state index contributed by atoms with van der Waals surface area (Å²) in [5.74, 6) is 1.37. The van der Waals surface area contributed by atoms with Gasteiger partial charge in [0.15, 0.2) is 0 Å². The summed E-state index contributed by atoms with van der Waals surface area (Å²) in [7, 11) is 0. The lowest BCUT2D eigenvalue weighted by Crippen LogP contribution is -2.49. The summed E-state index contributed by atoms with van der Waals surface area (Å²) in [5.41, 5.74) is 1.12. The molecule has 4 nitrogen and oxygen atoms in total. The zero-order chi connectivity index (χ0) is 15.2. The Labute approximate surface area is 140 Å². The second-order valence-electron chi connectivity index (χ2n) is 6.53. The summed E-state index contributed by atoms with van der Waals surface area (Å²) in [4.78, 5) is 18.9. The Morgan fingerprint density at radius 1 is 1.45 bits per heavy atom. The molecule has 5 heteroatoms. The molecule has 1 aromatic rings. The van der Waals surface area contributed by atoms with Crippen LogP contribution in [-0.2, 0) is 4.79 Å². The number of pyridine rings is 1. The molecule has 0 radical (unpaired) electrons. The summed E-state index contributed by atoms with van der Waals surface area (Å²) in [5, 5.41) is 3.38. The molecule has 1 aliphatic rings. The molecular formula is C17H28ClN3O. The van der Waals surface area contributed by atoms with E-state index in [0.717, 1.165) is 31.6 Å². The number of amides is 1. The number of rotatable bonds is 5. The lowest BCUT2D eigenvalue weighted by Gasteiger charge is -2.37. The Hall–Kier alpha value is -1.13. The maximum absolute atomic E-state index is 12.7. The van der Waals surface area contributed by atoms with Gasteiger partial charge in [-0.15, -0.1) is 12.4 Å².